The monoisotopic (exact) mass is 291 g/mol. The first-order valence-corrected chi connectivity index (χ1v) is 5.09. The molecule has 1 heterocycles. The molecule has 2 rings (SSSR count). The molecule has 6 heteroatoms. The maximum atomic E-state index is 12.7. The standard InChI is InChI=1S/C10H6BrF3N2/c11-6-5-7-1-3-8(4-2-7)9(15-16-9)10(12,13)14/h1-6H/b6-5-/i6D. The molecular weight excluding hydrogens is 285 g/mol. The summed E-state index contributed by atoms with van der Waals surface area (Å²) < 4.78 is 45.1. The minimum atomic E-state index is -4.50. The van der Waals surface area contributed by atoms with Crippen LogP contribution in [0, 0.1) is 0 Å². The van der Waals surface area contributed by atoms with Gasteiger partial charge in [-0.3, -0.25) is 0 Å². The number of hydrogen-bond donors (Lipinski definition) is 0. The maximum absolute atomic E-state index is 12.7. The van der Waals surface area contributed by atoms with Gasteiger partial charge in [-0.25, -0.2) is 0 Å². The van der Waals surface area contributed by atoms with Gasteiger partial charge in [-0.05, 0) is 16.6 Å². The van der Waals surface area contributed by atoms with Crippen LogP contribution >= 0.6 is 15.9 Å². The summed E-state index contributed by atoms with van der Waals surface area (Å²) in [5.41, 5.74) is -1.75. The highest BCUT2D eigenvalue weighted by Gasteiger charge is 2.65. The van der Waals surface area contributed by atoms with Crippen LogP contribution in [0.15, 0.2) is 39.5 Å². The molecule has 0 unspecified atom stereocenters. The van der Waals surface area contributed by atoms with Gasteiger partial charge in [0.05, 0.1) is 1.37 Å². The number of halogens is 4. The molecule has 2 nitrogen and oxygen atoms in total. The molecule has 0 saturated heterocycles. The summed E-state index contributed by atoms with van der Waals surface area (Å²) in [6.45, 7) is 0. The maximum Gasteiger partial charge on any atom is 0.442 e. The van der Waals surface area contributed by atoms with E-state index in [0.29, 0.717) is 5.56 Å². The van der Waals surface area contributed by atoms with Crippen LogP contribution in [-0.2, 0) is 5.66 Å². The molecule has 0 fully saturated rings. The van der Waals surface area contributed by atoms with Crippen LogP contribution < -0.4 is 0 Å². The van der Waals surface area contributed by atoms with Crippen molar-refractivity contribution in [2.24, 2.45) is 10.2 Å². The van der Waals surface area contributed by atoms with Gasteiger partial charge in [-0.1, -0.05) is 40.2 Å². The molecule has 0 radical (unpaired) electrons. The van der Waals surface area contributed by atoms with E-state index < -0.39 is 11.8 Å². The van der Waals surface area contributed by atoms with Gasteiger partial charge in [-0.15, -0.1) is 10.2 Å². The Hall–Kier alpha value is -1.17. The van der Waals surface area contributed by atoms with E-state index in [1.54, 1.807) is 0 Å². The van der Waals surface area contributed by atoms with E-state index in [0.717, 1.165) is 0 Å². The van der Waals surface area contributed by atoms with Crippen molar-refractivity contribution in [3.63, 3.8) is 0 Å². The molecular formula is C10H6BrF3N2. The Morgan fingerprint density at radius 1 is 1.25 bits per heavy atom. The molecule has 0 amide bonds. The first kappa shape index (κ1) is 10.0. The minimum Gasteiger partial charge on any atom is -0.166 e. The van der Waals surface area contributed by atoms with Crippen LogP contribution in [0.1, 0.15) is 12.5 Å². The van der Waals surface area contributed by atoms with Crippen molar-refractivity contribution in [2.75, 3.05) is 0 Å². The van der Waals surface area contributed by atoms with Gasteiger partial charge in [0.25, 0.3) is 0 Å². The quantitative estimate of drug-likeness (QED) is 0.779. The summed E-state index contributed by atoms with van der Waals surface area (Å²) in [7, 11) is 0. The second kappa shape index (κ2) is 3.69. The molecule has 0 aliphatic carbocycles. The zero-order valence-electron chi connectivity index (χ0n) is 8.79. The predicted octanol–water partition coefficient (Wildman–Crippen LogP) is 4.23. The van der Waals surface area contributed by atoms with Gasteiger partial charge >= 0.3 is 11.8 Å². The fourth-order valence-electron chi connectivity index (χ4n) is 1.32. The second-order valence-corrected chi connectivity index (χ2v) is 3.70. The minimum absolute atomic E-state index is 0.0109. The predicted molar refractivity (Wildman–Crippen MR) is 57.0 cm³/mol. The van der Waals surface area contributed by atoms with E-state index in [1.165, 1.54) is 30.3 Å². The molecule has 1 aliphatic rings. The van der Waals surface area contributed by atoms with E-state index in [1.807, 2.05) is 0 Å². The average molecular weight is 292 g/mol. The first-order chi connectivity index (χ1) is 7.85. The Labute approximate surface area is 99.4 Å². The first-order valence-electron chi connectivity index (χ1n) is 4.80. The Morgan fingerprint density at radius 3 is 2.19 bits per heavy atom. The summed E-state index contributed by atoms with van der Waals surface area (Å²) in [6.07, 6.45) is -3.02. The fraction of sp³-hybridized carbons (Fsp3) is 0.200. The summed E-state index contributed by atoms with van der Waals surface area (Å²) in [5, 5.41) is 6.21. The van der Waals surface area contributed by atoms with Gasteiger partial charge in [0.2, 0.25) is 0 Å². The van der Waals surface area contributed by atoms with E-state index in [9.17, 15) is 13.2 Å². The summed E-state index contributed by atoms with van der Waals surface area (Å²) >= 11 is 2.92. The lowest BCUT2D eigenvalue weighted by Crippen LogP contribution is -2.29. The van der Waals surface area contributed by atoms with Crippen molar-refractivity contribution in [3.8, 4) is 0 Å². The number of nitrogens with zero attached hydrogens (tertiary/aromatic N) is 2. The highest BCUT2D eigenvalue weighted by molar-refractivity contribution is 9.11. The van der Waals surface area contributed by atoms with Gasteiger partial charge < -0.3 is 0 Å². The zero-order chi connectivity index (χ0) is 12.7. The average Bonchev–Trinajstić information content (AvgIpc) is 2.97. The number of alkyl halides is 3. The molecule has 1 aliphatic heterocycles. The molecule has 0 N–H and O–H groups in total. The van der Waals surface area contributed by atoms with Gasteiger partial charge in [0, 0.05) is 5.56 Å². The van der Waals surface area contributed by atoms with Crippen molar-refractivity contribution in [1.29, 1.82) is 0 Å². The number of rotatable bonds is 2. The van der Waals surface area contributed by atoms with E-state index in [2.05, 4.69) is 26.2 Å². The Morgan fingerprint density at radius 2 is 1.81 bits per heavy atom. The highest BCUT2D eigenvalue weighted by Crippen LogP contribution is 2.52. The summed E-state index contributed by atoms with van der Waals surface area (Å²) in [5.74, 6) is 0. The second-order valence-electron chi connectivity index (χ2n) is 3.25. The van der Waals surface area contributed by atoms with Crippen LogP contribution in [-0.4, -0.2) is 6.18 Å². The lowest BCUT2D eigenvalue weighted by molar-refractivity contribution is -0.166. The van der Waals surface area contributed by atoms with Crippen molar-refractivity contribution in [2.45, 2.75) is 11.8 Å². The third-order valence-corrected chi connectivity index (χ3v) is 2.46. The number of hydrogen-bond acceptors (Lipinski definition) is 2. The molecule has 16 heavy (non-hydrogen) atoms. The van der Waals surface area contributed by atoms with Crippen molar-refractivity contribution < 1.29 is 14.5 Å². The summed E-state index contributed by atoms with van der Waals surface area (Å²) in [6, 6.07) is 5.61. The van der Waals surface area contributed by atoms with Gasteiger partial charge in [0.15, 0.2) is 0 Å². The van der Waals surface area contributed by atoms with Crippen LogP contribution in [0.5, 0.6) is 0 Å². The molecule has 1 aromatic rings. The molecule has 0 atom stereocenters. The highest BCUT2D eigenvalue weighted by atomic mass is 79.9. The Balaban J connectivity index is 2.28. The lowest BCUT2D eigenvalue weighted by atomic mass is 10.0. The van der Waals surface area contributed by atoms with Gasteiger partial charge in [-0.2, -0.15) is 13.2 Å². The normalized spacial score (nSPS) is 19.5. The fourth-order valence-corrected chi connectivity index (χ4v) is 1.58. The van der Waals surface area contributed by atoms with Crippen molar-refractivity contribution >= 4 is 22.0 Å². The lowest BCUT2D eigenvalue weighted by Gasteiger charge is -2.14. The van der Waals surface area contributed by atoms with Crippen LogP contribution in [0.25, 0.3) is 6.08 Å². The van der Waals surface area contributed by atoms with E-state index in [4.69, 9.17) is 1.37 Å². The molecule has 0 bridgehead atoms. The Bertz CT molecular complexity index is 483. The molecule has 0 aromatic heterocycles. The largest absolute Gasteiger partial charge is 0.442 e. The van der Waals surface area contributed by atoms with Crippen molar-refractivity contribution in [1.82, 2.24) is 0 Å². The van der Waals surface area contributed by atoms with Crippen LogP contribution in [0.3, 0.4) is 0 Å². The SMILES string of the molecule is [2H]/C(Br)=C/c1ccc(C2(C(F)(F)F)N=N2)cc1. The van der Waals surface area contributed by atoms with E-state index >= 15 is 0 Å². The van der Waals surface area contributed by atoms with Crippen molar-refractivity contribution in [3.05, 3.63) is 40.4 Å². The smallest absolute Gasteiger partial charge is 0.166 e. The molecule has 1 aromatic carbocycles. The Kier molecular flexibility index (Phi) is 2.31. The van der Waals surface area contributed by atoms with E-state index in [-0.39, 0.29) is 10.5 Å². The molecule has 0 saturated carbocycles. The van der Waals surface area contributed by atoms with Crippen LogP contribution in [0.4, 0.5) is 13.2 Å². The van der Waals surface area contributed by atoms with Gasteiger partial charge in [0.1, 0.15) is 0 Å². The third kappa shape index (κ3) is 1.77. The third-order valence-electron chi connectivity index (χ3n) is 2.23. The molecule has 84 valence electrons. The summed E-state index contributed by atoms with van der Waals surface area (Å²) in [4.78, 5) is 0.150. The molecule has 0 spiro atoms. The zero-order valence-corrected chi connectivity index (χ0v) is 9.38. The topological polar surface area (TPSA) is 24.7 Å². The number of benzene rings is 1. The van der Waals surface area contributed by atoms with Crippen LogP contribution in [0.2, 0.25) is 0 Å².